The molecule has 38 heavy (non-hydrogen) atoms. The van der Waals surface area contributed by atoms with Crippen molar-refractivity contribution >= 4 is 0 Å². The molecule has 191 valence electrons. The molecular formula is C34H30IrN3-. The number of hydrogen-bond acceptors (Lipinski definition) is 3. The second-order valence-electron chi connectivity index (χ2n) is 11.2. The van der Waals surface area contributed by atoms with Crippen molar-refractivity contribution in [1.82, 2.24) is 15.0 Å². The zero-order valence-corrected chi connectivity index (χ0v) is 24.5. The molecule has 0 fully saturated rings. The molecule has 4 heteroatoms. The largest absolute Gasteiger partial charge is 0.304 e. The van der Waals surface area contributed by atoms with Crippen molar-refractivity contribution in [3.8, 4) is 45.2 Å². The van der Waals surface area contributed by atoms with Gasteiger partial charge < -0.3 is 4.98 Å². The van der Waals surface area contributed by atoms with Gasteiger partial charge in [-0.3, -0.25) is 0 Å². The molecule has 3 aromatic carbocycles. The minimum Gasteiger partial charge on any atom is -0.304 e. The molecule has 0 atom stereocenters. The Morgan fingerprint density at radius 3 is 1.76 bits per heavy atom. The zero-order valence-electron chi connectivity index (χ0n) is 22.1. The van der Waals surface area contributed by atoms with Crippen molar-refractivity contribution in [3.63, 3.8) is 0 Å². The molecule has 1 radical (unpaired) electrons. The Morgan fingerprint density at radius 2 is 1.21 bits per heavy atom. The predicted molar refractivity (Wildman–Crippen MR) is 151 cm³/mol. The SMILES string of the molecule is CC1(C)CC(C)(C)c2cc(-c3ccc(-c4nc(-c5ccccc5)cc(-c5ccccc5)n4)cn3)[c-]cc21.[Ir]. The molecule has 1 aliphatic rings. The van der Waals surface area contributed by atoms with E-state index in [1.54, 1.807) is 0 Å². The van der Waals surface area contributed by atoms with Crippen molar-refractivity contribution < 1.29 is 20.1 Å². The standard InChI is InChI=1S/C34H30N3.Ir/c1-33(2)22-34(3,4)28-19-25(15-17-27(28)33)29-18-16-26(21-35-29)32-36-30(23-11-7-5-8-12-23)20-31(37-32)24-13-9-6-10-14-24;/h5-14,16-21H,22H2,1-4H3;/q-1;. The number of benzene rings is 3. The fourth-order valence-electron chi connectivity index (χ4n) is 5.83. The minimum absolute atomic E-state index is 0. The van der Waals surface area contributed by atoms with E-state index in [0.717, 1.165) is 45.8 Å². The second kappa shape index (κ2) is 10.0. The zero-order chi connectivity index (χ0) is 25.6. The van der Waals surface area contributed by atoms with Crippen LogP contribution >= 0.6 is 0 Å². The van der Waals surface area contributed by atoms with Crippen LogP contribution < -0.4 is 0 Å². The Kier molecular flexibility index (Phi) is 6.90. The van der Waals surface area contributed by atoms with Crippen LogP contribution in [0.15, 0.2) is 97.2 Å². The average molecular weight is 673 g/mol. The van der Waals surface area contributed by atoms with Gasteiger partial charge in [0.1, 0.15) is 0 Å². The van der Waals surface area contributed by atoms with Crippen LogP contribution in [0.25, 0.3) is 45.2 Å². The second-order valence-corrected chi connectivity index (χ2v) is 11.2. The first kappa shape index (κ1) is 26.2. The van der Waals surface area contributed by atoms with Gasteiger partial charge in [-0.15, -0.1) is 34.9 Å². The van der Waals surface area contributed by atoms with E-state index in [1.807, 2.05) is 42.6 Å². The first-order valence-electron chi connectivity index (χ1n) is 12.8. The Balaban J connectivity index is 0.00000294. The molecule has 0 unspecified atom stereocenters. The van der Waals surface area contributed by atoms with Crippen LogP contribution in [0.2, 0.25) is 0 Å². The summed E-state index contributed by atoms with van der Waals surface area (Å²) in [5.41, 5.74) is 9.86. The van der Waals surface area contributed by atoms with E-state index in [2.05, 4.69) is 88.4 Å². The first-order valence-corrected chi connectivity index (χ1v) is 12.8. The Hall–Kier alpha value is -3.46. The van der Waals surface area contributed by atoms with Crippen LogP contribution in [0.1, 0.15) is 45.2 Å². The predicted octanol–water partition coefficient (Wildman–Crippen LogP) is 8.30. The van der Waals surface area contributed by atoms with Crippen LogP contribution in [-0.2, 0) is 30.9 Å². The monoisotopic (exact) mass is 673 g/mol. The Bertz CT molecular complexity index is 1520. The van der Waals surface area contributed by atoms with E-state index in [-0.39, 0.29) is 30.9 Å². The molecule has 2 aromatic heterocycles. The molecule has 0 saturated carbocycles. The molecule has 0 spiro atoms. The van der Waals surface area contributed by atoms with Crippen molar-refractivity contribution in [1.29, 1.82) is 0 Å². The minimum atomic E-state index is 0. The molecule has 2 heterocycles. The third-order valence-corrected chi connectivity index (χ3v) is 7.46. The molecule has 0 N–H and O–H groups in total. The summed E-state index contributed by atoms with van der Waals surface area (Å²) in [7, 11) is 0. The quantitative estimate of drug-likeness (QED) is 0.181. The Morgan fingerprint density at radius 1 is 0.632 bits per heavy atom. The van der Waals surface area contributed by atoms with E-state index >= 15 is 0 Å². The van der Waals surface area contributed by atoms with Gasteiger partial charge in [0.2, 0.25) is 0 Å². The maximum atomic E-state index is 4.93. The Labute approximate surface area is 238 Å². The fraction of sp³-hybridized carbons (Fsp3) is 0.206. The van der Waals surface area contributed by atoms with E-state index < -0.39 is 0 Å². The molecule has 0 saturated heterocycles. The van der Waals surface area contributed by atoms with Crippen LogP contribution in [0.4, 0.5) is 0 Å². The molecule has 3 nitrogen and oxygen atoms in total. The summed E-state index contributed by atoms with van der Waals surface area (Å²) in [6, 6.07) is 34.6. The summed E-state index contributed by atoms with van der Waals surface area (Å²) in [5.74, 6) is 0.667. The van der Waals surface area contributed by atoms with Crippen LogP contribution in [0.3, 0.4) is 0 Å². The van der Waals surface area contributed by atoms with Crippen molar-refractivity contribution in [2.45, 2.75) is 44.9 Å². The van der Waals surface area contributed by atoms with Gasteiger partial charge in [0.25, 0.3) is 0 Å². The number of aromatic nitrogens is 3. The van der Waals surface area contributed by atoms with Gasteiger partial charge in [0.05, 0.1) is 11.4 Å². The van der Waals surface area contributed by atoms with Gasteiger partial charge >= 0.3 is 0 Å². The summed E-state index contributed by atoms with van der Waals surface area (Å²) in [6.45, 7) is 9.33. The number of nitrogens with zero attached hydrogens (tertiary/aromatic N) is 3. The van der Waals surface area contributed by atoms with Crippen LogP contribution in [0.5, 0.6) is 0 Å². The first-order chi connectivity index (χ1) is 17.8. The van der Waals surface area contributed by atoms with E-state index in [9.17, 15) is 0 Å². The summed E-state index contributed by atoms with van der Waals surface area (Å²) in [6.07, 6.45) is 3.02. The molecule has 0 amide bonds. The van der Waals surface area contributed by atoms with Crippen LogP contribution in [-0.4, -0.2) is 15.0 Å². The van der Waals surface area contributed by atoms with Crippen molar-refractivity contribution in [2.24, 2.45) is 0 Å². The molecule has 0 bridgehead atoms. The van der Waals surface area contributed by atoms with Crippen molar-refractivity contribution in [3.05, 3.63) is 114 Å². The fourth-order valence-corrected chi connectivity index (χ4v) is 5.83. The van der Waals surface area contributed by atoms with Gasteiger partial charge in [-0.2, -0.15) is 0 Å². The van der Waals surface area contributed by atoms with Gasteiger partial charge in [0, 0.05) is 43.0 Å². The van der Waals surface area contributed by atoms with Gasteiger partial charge in [0.15, 0.2) is 5.82 Å². The van der Waals surface area contributed by atoms with Crippen molar-refractivity contribution in [2.75, 3.05) is 0 Å². The molecular weight excluding hydrogens is 643 g/mol. The van der Waals surface area contributed by atoms with Crippen LogP contribution in [0, 0.1) is 6.07 Å². The van der Waals surface area contributed by atoms with Gasteiger partial charge in [-0.1, -0.05) is 100 Å². The third kappa shape index (κ3) is 4.87. The number of rotatable bonds is 4. The summed E-state index contributed by atoms with van der Waals surface area (Å²) < 4.78 is 0. The molecule has 0 aliphatic heterocycles. The van der Waals surface area contributed by atoms with E-state index in [0.29, 0.717) is 5.82 Å². The summed E-state index contributed by atoms with van der Waals surface area (Å²) in [5, 5.41) is 0. The third-order valence-electron chi connectivity index (χ3n) is 7.46. The maximum Gasteiger partial charge on any atom is 0.161 e. The molecule has 5 aromatic rings. The topological polar surface area (TPSA) is 38.7 Å². The number of pyridine rings is 1. The molecule has 6 rings (SSSR count). The van der Waals surface area contributed by atoms with Gasteiger partial charge in [-0.05, 0) is 29.0 Å². The molecule has 1 aliphatic carbocycles. The smallest absolute Gasteiger partial charge is 0.161 e. The van der Waals surface area contributed by atoms with E-state index in [4.69, 9.17) is 15.0 Å². The van der Waals surface area contributed by atoms with E-state index in [1.165, 1.54) is 11.1 Å². The maximum absolute atomic E-state index is 4.93. The summed E-state index contributed by atoms with van der Waals surface area (Å²) in [4.78, 5) is 14.7. The van der Waals surface area contributed by atoms with Gasteiger partial charge in [-0.25, -0.2) is 9.97 Å². The number of hydrogen-bond donors (Lipinski definition) is 0. The normalized spacial score (nSPS) is 14.9. The summed E-state index contributed by atoms with van der Waals surface area (Å²) >= 11 is 0. The average Bonchev–Trinajstić information content (AvgIpc) is 3.12. The number of fused-ring (bicyclic) bond motifs is 1.